The quantitative estimate of drug-likeness (QED) is 0.0250. The fourth-order valence-electron chi connectivity index (χ4n) is 10.4. The number of piperidine rings is 2. The molecule has 0 aromatic heterocycles. The number of hydrogen-bond donors (Lipinski definition) is 0. The van der Waals surface area contributed by atoms with E-state index in [9.17, 15) is 19.2 Å². The highest BCUT2D eigenvalue weighted by atomic mass is 33.1. The normalized spacial score (nSPS) is 15.9. The molecule has 0 amide bonds. The van der Waals surface area contributed by atoms with Gasteiger partial charge in [-0.15, -0.1) is 0 Å². The van der Waals surface area contributed by atoms with Crippen LogP contribution >= 0.6 is 21.6 Å². The van der Waals surface area contributed by atoms with E-state index in [1.54, 1.807) is 0 Å². The monoisotopic (exact) mass is 1050 g/mol. The maximum absolute atomic E-state index is 12.5. The lowest BCUT2D eigenvalue weighted by Gasteiger charge is -2.32. The Morgan fingerprint density at radius 2 is 0.694 bits per heavy atom. The molecule has 2 atom stereocenters. The lowest BCUT2D eigenvalue weighted by Crippen LogP contribution is -2.36. The van der Waals surface area contributed by atoms with E-state index in [1.807, 2.05) is 21.6 Å². The minimum Gasteiger partial charge on any atom is -0.465 e. The van der Waals surface area contributed by atoms with Crippen molar-refractivity contribution in [3.63, 3.8) is 0 Å². The molecule has 2 heterocycles. The summed E-state index contributed by atoms with van der Waals surface area (Å²) in [4.78, 5) is 54.7. The van der Waals surface area contributed by atoms with E-state index < -0.39 is 0 Å². The van der Waals surface area contributed by atoms with Crippen LogP contribution in [-0.2, 0) is 38.1 Å². The fourth-order valence-corrected chi connectivity index (χ4v) is 12.7. The summed E-state index contributed by atoms with van der Waals surface area (Å²) in [6.45, 7) is 16.7. The standard InChI is InChI=1S/C60H112N2O8S2/c1-5-9-13-17-19-23-29-55(27-21-15-11-7-3)51-69-59(65)33-25-31-57(63)67-47-45-61-41-35-53(36-42-61)39-49-71-72-50-40-54-37-43-62(44-38-54)46-48-68-58(64)32-26-34-60(66)70-52-56(28-22-16-12-8-4)30-24-20-18-14-10-6-2/h53-56H,5-52H2,1-4H3. The molecule has 0 aromatic carbocycles. The topological polar surface area (TPSA) is 112 Å². The Labute approximate surface area is 451 Å². The summed E-state index contributed by atoms with van der Waals surface area (Å²) in [5.74, 6) is 4.11. The van der Waals surface area contributed by atoms with Crippen LogP contribution in [0.1, 0.15) is 259 Å². The van der Waals surface area contributed by atoms with Gasteiger partial charge in [0.05, 0.1) is 13.2 Å². The number of esters is 4. The summed E-state index contributed by atoms with van der Waals surface area (Å²) in [5, 5.41) is 0. The average molecular weight is 1050 g/mol. The number of carbonyl (C=O) groups excluding carboxylic acids is 4. The molecule has 422 valence electrons. The third-order valence-electron chi connectivity index (χ3n) is 15.4. The van der Waals surface area contributed by atoms with Gasteiger partial charge in [0.25, 0.3) is 0 Å². The van der Waals surface area contributed by atoms with Crippen molar-refractivity contribution in [1.29, 1.82) is 0 Å². The van der Waals surface area contributed by atoms with Gasteiger partial charge in [-0.3, -0.25) is 29.0 Å². The maximum atomic E-state index is 12.5. The van der Waals surface area contributed by atoms with Crippen molar-refractivity contribution < 1.29 is 38.1 Å². The van der Waals surface area contributed by atoms with Crippen LogP contribution in [0.25, 0.3) is 0 Å². The third-order valence-corrected chi connectivity index (χ3v) is 17.9. The second-order valence-electron chi connectivity index (χ2n) is 21.8. The number of unbranched alkanes of at least 4 members (excludes halogenated alkanes) is 16. The molecule has 0 saturated carbocycles. The number of ether oxygens (including phenoxy) is 4. The molecule has 0 aromatic rings. The summed E-state index contributed by atoms with van der Waals surface area (Å²) in [6, 6.07) is 0. The van der Waals surface area contributed by atoms with E-state index in [4.69, 9.17) is 18.9 Å². The molecule has 0 aliphatic carbocycles. The van der Waals surface area contributed by atoms with Crippen LogP contribution in [0.2, 0.25) is 0 Å². The van der Waals surface area contributed by atoms with Crippen LogP contribution < -0.4 is 0 Å². The summed E-state index contributed by atoms with van der Waals surface area (Å²) in [5.41, 5.74) is 0. The van der Waals surface area contributed by atoms with Gasteiger partial charge in [0.2, 0.25) is 0 Å². The highest BCUT2D eigenvalue weighted by Crippen LogP contribution is 2.31. The van der Waals surface area contributed by atoms with Gasteiger partial charge < -0.3 is 18.9 Å². The first-order chi connectivity index (χ1) is 35.3. The molecule has 0 N–H and O–H groups in total. The van der Waals surface area contributed by atoms with Crippen molar-refractivity contribution in [1.82, 2.24) is 9.80 Å². The predicted molar refractivity (Wildman–Crippen MR) is 304 cm³/mol. The minimum atomic E-state index is -0.209. The average Bonchev–Trinajstić information content (AvgIpc) is 3.38. The SMILES string of the molecule is CCCCCCCCC(CCCCCC)COC(=O)CCCC(=O)OCCN1CCC(CCSSCCC2CCN(CCOC(=O)CCCC(=O)OCC(CCCCCC)CCCCCCCC)CC2)CC1. The Bertz CT molecular complexity index is 1200. The van der Waals surface area contributed by atoms with Crippen LogP contribution in [0.4, 0.5) is 0 Å². The largest absolute Gasteiger partial charge is 0.465 e. The van der Waals surface area contributed by atoms with Crippen molar-refractivity contribution in [3.8, 4) is 0 Å². The van der Waals surface area contributed by atoms with Crippen LogP contribution in [0.5, 0.6) is 0 Å². The number of rotatable bonds is 49. The van der Waals surface area contributed by atoms with Crippen LogP contribution in [0, 0.1) is 23.7 Å². The summed E-state index contributed by atoms with van der Waals surface area (Å²) in [7, 11) is 4.08. The lowest BCUT2D eigenvalue weighted by molar-refractivity contribution is -0.148. The van der Waals surface area contributed by atoms with Crippen LogP contribution in [0.15, 0.2) is 0 Å². The number of carbonyl (C=O) groups is 4. The molecule has 2 aliphatic heterocycles. The lowest BCUT2D eigenvalue weighted by atomic mass is 9.94. The van der Waals surface area contributed by atoms with E-state index in [0.29, 0.717) is 51.1 Å². The van der Waals surface area contributed by atoms with Gasteiger partial charge in [-0.2, -0.15) is 0 Å². The molecular formula is C60H112N2O8S2. The van der Waals surface area contributed by atoms with Gasteiger partial charge >= 0.3 is 23.9 Å². The maximum Gasteiger partial charge on any atom is 0.305 e. The van der Waals surface area contributed by atoms with Gasteiger partial charge in [-0.05, 0) is 127 Å². The molecule has 10 nitrogen and oxygen atoms in total. The van der Waals surface area contributed by atoms with Gasteiger partial charge in [0.15, 0.2) is 0 Å². The number of nitrogens with zero attached hydrogens (tertiary/aromatic N) is 2. The molecule has 2 unspecified atom stereocenters. The molecule has 0 radical (unpaired) electrons. The number of hydrogen-bond acceptors (Lipinski definition) is 12. The fraction of sp³-hybridized carbons (Fsp3) is 0.933. The van der Waals surface area contributed by atoms with E-state index in [-0.39, 0.29) is 49.6 Å². The second-order valence-corrected chi connectivity index (χ2v) is 24.6. The van der Waals surface area contributed by atoms with E-state index >= 15 is 0 Å². The Balaban J connectivity index is 1.42. The smallest absolute Gasteiger partial charge is 0.305 e. The summed E-state index contributed by atoms with van der Waals surface area (Å²) >= 11 is 0. The number of likely N-dealkylation sites (tertiary alicyclic amines) is 2. The Kier molecular flexibility index (Phi) is 44.3. The first-order valence-electron chi connectivity index (χ1n) is 30.6. The molecule has 0 spiro atoms. The van der Waals surface area contributed by atoms with Crippen molar-refractivity contribution in [3.05, 3.63) is 0 Å². The first-order valence-corrected chi connectivity index (χ1v) is 33.1. The van der Waals surface area contributed by atoms with Crippen molar-refractivity contribution in [2.45, 2.75) is 259 Å². The Morgan fingerprint density at radius 1 is 0.403 bits per heavy atom. The first kappa shape index (κ1) is 66.6. The molecule has 0 bridgehead atoms. The Hall–Kier alpha value is -1.50. The second kappa shape index (κ2) is 47.9. The molecule has 12 heteroatoms. The van der Waals surface area contributed by atoms with Gasteiger partial charge in [-0.1, -0.05) is 178 Å². The van der Waals surface area contributed by atoms with Crippen molar-refractivity contribution in [2.24, 2.45) is 23.7 Å². The zero-order chi connectivity index (χ0) is 52.0. The molecule has 2 saturated heterocycles. The van der Waals surface area contributed by atoms with Crippen LogP contribution in [-0.4, -0.2) is 111 Å². The Morgan fingerprint density at radius 3 is 1.03 bits per heavy atom. The molecule has 2 fully saturated rings. The van der Waals surface area contributed by atoms with Crippen molar-refractivity contribution in [2.75, 3.05) is 77.2 Å². The third kappa shape index (κ3) is 39.0. The van der Waals surface area contributed by atoms with Crippen molar-refractivity contribution >= 4 is 45.5 Å². The summed E-state index contributed by atoms with van der Waals surface area (Å²) in [6.07, 6.45) is 39.5. The molecular weight excluding hydrogens is 941 g/mol. The molecule has 2 aliphatic rings. The van der Waals surface area contributed by atoms with Gasteiger partial charge in [-0.25, -0.2) is 0 Å². The highest BCUT2D eigenvalue weighted by Gasteiger charge is 2.22. The molecule has 2 rings (SSSR count). The van der Waals surface area contributed by atoms with E-state index in [0.717, 1.165) is 76.8 Å². The zero-order valence-corrected chi connectivity index (χ0v) is 48.9. The molecule has 72 heavy (non-hydrogen) atoms. The predicted octanol–water partition coefficient (Wildman–Crippen LogP) is 15.8. The van der Waals surface area contributed by atoms with Gasteiger partial charge in [0.1, 0.15) is 13.2 Å². The highest BCUT2D eigenvalue weighted by molar-refractivity contribution is 8.76. The van der Waals surface area contributed by atoms with Gasteiger partial charge in [0, 0.05) is 50.3 Å². The van der Waals surface area contributed by atoms with Crippen LogP contribution in [0.3, 0.4) is 0 Å². The summed E-state index contributed by atoms with van der Waals surface area (Å²) < 4.78 is 22.5. The minimum absolute atomic E-state index is 0.179. The van der Waals surface area contributed by atoms with E-state index in [1.165, 1.54) is 178 Å². The zero-order valence-electron chi connectivity index (χ0n) is 47.2. The van der Waals surface area contributed by atoms with E-state index in [2.05, 4.69) is 37.5 Å².